The van der Waals surface area contributed by atoms with E-state index in [0.717, 1.165) is 143 Å². The highest BCUT2D eigenvalue weighted by molar-refractivity contribution is 6.15. The molecule has 20 aromatic rings. The van der Waals surface area contributed by atoms with Crippen molar-refractivity contribution in [1.29, 1.82) is 10.5 Å². The lowest BCUT2D eigenvalue weighted by molar-refractivity contribution is 0.668. The second-order valence-corrected chi connectivity index (χ2v) is 25.8. The predicted molar refractivity (Wildman–Crippen MR) is 412 cm³/mol. The third kappa shape index (κ3) is 10.0. The van der Waals surface area contributed by atoms with E-state index in [9.17, 15) is 10.5 Å². The zero-order valence-electron chi connectivity index (χ0n) is 55.1. The fraction of sp³-hybridized carbons (Fsp3) is 0. The minimum absolute atomic E-state index is 0.429. The second-order valence-electron chi connectivity index (χ2n) is 25.8. The number of nitrogens with zero attached hydrogens (tertiary/aromatic N) is 8. The average molecular weight is 1330 g/mol. The van der Waals surface area contributed by atoms with Gasteiger partial charge in [-0.25, -0.2) is 29.9 Å². The molecule has 0 atom stereocenters. The van der Waals surface area contributed by atoms with Crippen molar-refractivity contribution >= 4 is 87.8 Å². The highest BCUT2D eigenvalue weighted by atomic mass is 16.3. The second kappa shape index (κ2) is 24.0. The number of benzene rings is 14. The van der Waals surface area contributed by atoms with E-state index in [2.05, 4.69) is 146 Å². The standard InChI is InChI=1S/C92H50N8O4/c93-51-53-22-26-55(27-23-53)57-30-34-59(35-31-57)66-43-45-73-69-17-8-10-21-78(69)103-85(73)82(66)91-97-87(61-12-3-1-4-13-61)95-89(99-91)65-39-42-71-70-41-38-64(49-80(70)101-81(71)50-65)63-40-47-79-76(48-63)74-46-44-67(60-36-32-58(33-37-60)56-28-24-54(52-94)25-29-56)83(86(74)104-79)92-98-88(62-14-5-2-6-15-62)96-90(100-92)75-19-11-18-72-68-16-7-9-20-77(68)102-84(72)75/h1-50H. The molecule has 0 bridgehead atoms. The van der Waals surface area contributed by atoms with E-state index in [0.29, 0.717) is 79.6 Å². The Morgan fingerprint density at radius 3 is 1.10 bits per heavy atom. The first-order chi connectivity index (χ1) is 51.4. The molecule has 12 nitrogen and oxygen atoms in total. The van der Waals surface area contributed by atoms with E-state index >= 15 is 0 Å². The number of fused-ring (bicyclic) bond motifs is 12. The predicted octanol–water partition coefficient (Wildman–Crippen LogP) is 23.7. The summed E-state index contributed by atoms with van der Waals surface area (Å²) in [5.74, 6) is 2.80. The minimum atomic E-state index is 0.429. The van der Waals surface area contributed by atoms with Crippen molar-refractivity contribution in [3.63, 3.8) is 0 Å². The van der Waals surface area contributed by atoms with Gasteiger partial charge in [0.05, 0.1) is 40.0 Å². The SMILES string of the molecule is N#Cc1ccc(-c2ccc(-c3ccc4c(oc5ccccc54)c3-c3nc(-c4ccccc4)nc(-c4ccc5c(c4)oc4cc(-c6ccc7oc8c(-c9nc(-c%10ccccc%10)nc(-c%10cccc%11c%10oc%10ccccc%10%11)n9)c(-c9ccc(-c%10ccc(C#N)cc%10)cc9)ccc8c7c6)ccc45)n3)cc2)cc1. The van der Waals surface area contributed by atoms with Crippen LogP contribution in [0.4, 0.5) is 0 Å². The fourth-order valence-electron chi connectivity index (χ4n) is 14.6. The molecule has 14 aromatic carbocycles. The summed E-state index contributed by atoms with van der Waals surface area (Å²) in [6.07, 6.45) is 0. The summed E-state index contributed by atoms with van der Waals surface area (Å²) in [7, 11) is 0. The highest BCUT2D eigenvalue weighted by Crippen LogP contribution is 2.47. The first-order valence-electron chi connectivity index (χ1n) is 34.1. The molecule has 0 aliphatic rings. The maximum Gasteiger partial charge on any atom is 0.168 e. The number of para-hydroxylation sites is 3. The van der Waals surface area contributed by atoms with Crippen LogP contribution in [0.2, 0.25) is 0 Å². The third-order valence-corrected chi connectivity index (χ3v) is 19.8. The molecule has 20 rings (SSSR count). The summed E-state index contributed by atoms with van der Waals surface area (Å²) in [5, 5.41) is 26.6. The van der Waals surface area contributed by atoms with Crippen molar-refractivity contribution in [3.05, 3.63) is 314 Å². The Balaban J connectivity index is 0.705. The smallest absolute Gasteiger partial charge is 0.168 e. The van der Waals surface area contributed by atoms with Gasteiger partial charge in [-0.15, -0.1) is 0 Å². The lowest BCUT2D eigenvalue weighted by atomic mass is 9.94. The molecule has 482 valence electrons. The molecule has 0 saturated carbocycles. The molecule has 104 heavy (non-hydrogen) atoms. The third-order valence-electron chi connectivity index (χ3n) is 19.8. The lowest BCUT2D eigenvalue weighted by Crippen LogP contribution is -2.01. The summed E-state index contributed by atoms with van der Waals surface area (Å²) >= 11 is 0. The molecule has 6 heterocycles. The molecule has 0 aliphatic carbocycles. The lowest BCUT2D eigenvalue weighted by Gasteiger charge is -2.13. The Morgan fingerprint density at radius 1 is 0.202 bits per heavy atom. The van der Waals surface area contributed by atoms with Gasteiger partial charge in [0.25, 0.3) is 0 Å². The summed E-state index contributed by atoms with van der Waals surface area (Å²) in [6, 6.07) is 106. The Kier molecular flexibility index (Phi) is 13.7. The Hall–Kier alpha value is -14.7. The van der Waals surface area contributed by atoms with Crippen LogP contribution < -0.4 is 0 Å². The molecule has 0 spiro atoms. The van der Waals surface area contributed by atoms with E-state index in [1.54, 1.807) is 0 Å². The molecular weight excluding hydrogens is 1280 g/mol. The average Bonchev–Trinajstić information content (AvgIpc) is 1.58. The van der Waals surface area contributed by atoms with Gasteiger partial charge in [-0.05, 0) is 147 Å². The van der Waals surface area contributed by atoms with Crippen LogP contribution in [0.5, 0.6) is 0 Å². The molecule has 12 heteroatoms. The van der Waals surface area contributed by atoms with Crippen molar-refractivity contribution in [2.24, 2.45) is 0 Å². The number of rotatable bonds is 11. The maximum absolute atomic E-state index is 9.55. The van der Waals surface area contributed by atoms with Gasteiger partial charge < -0.3 is 17.7 Å². The number of nitriles is 2. The van der Waals surface area contributed by atoms with E-state index in [-0.39, 0.29) is 0 Å². The van der Waals surface area contributed by atoms with Gasteiger partial charge in [-0.3, -0.25) is 0 Å². The summed E-state index contributed by atoms with van der Waals surface area (Å²) < 4.78 is 27.5. The summed E-state index contributed by atoms with van der Waals surface area (Å²) in [5.41, 5.74) is 20.9. The summed E-state index contributed by atoms with van der Waals surface area (Å²) in [6.45, 7) is 0. The fourth-order valence-corrected chi connectivity index (χ4v) is 14.6. The van der Waals surface area contributed by atoms with Crippen LogP contribution in [0, 0.1) is 22.7 Å². The van der Waals surface area contributed by atoms with Gasteiger partial charge in [0, 0.05) is 59.8 Å². The Bertz CT molecular complexity index is 6970. The van der Waals surface area contributed by atoms with Crippen LogP contribution in [-0.4, -0.2) is 29.9 Å². The van der Waals surface area contributed by atoms with E-state index in [4.69, 9.17) is 47.6 Å². The van der Waals surface area contributed by atoms with Crippen LogP contribution in [0.1, 0.15) is 11.1 Å². The van der Waals surface area contributed by atoms with Crippen molar-refractivity contribution < 1.29 is 17.7 Å². The number of furan rings is 4. The van der Waals surface area contributed by atoms with Crippen LogP contribution in [-0.2, 0) is 0 Å². The van der Waals surface area contributed by atoms with E-state index in [1.807, 2.05) is 170 Å². The first-order valence-corrected chi connectivity index (χ1v) is 34.1. The largest absolute Gasteiger partial charge is 0.456 e. The topological polar surface area (TPSA) is 177 Å². The van der Waals surface area contributed by atoms with Crippen LogP contribution in [0.15, 0.2) is 321 Å². The van der Waals surface area contributed by atoms with Gasteiger partial charge in [0.2, 0.25) is 0 Å². The molecule has 0 aliphatic heterocycles. The molecule has 0 N–H and O–H groups in total. The summed E-state index contributed by atoms with van der Waals surface area (Å²) in [4.78, 5) is 31.9. The number of hydrogen-bond donors (Lipinski definition) is 0. The monoisotopic (exact) mass is 1330 g/mol. The number of hydrogen-bond acceptors (Lipinski definition) is 12. The van der Waals surface area contributed by atoms with Crippen molar-refractivity contribution in [2.75, 3.05) is 0 Å². The van der Waals surface area contributed by atoms with Crippen molar-refractivity contribution in [3.8, 4) is 136 Å². The van der Waals surface area contributed by atoms with Gasteiger partial charge in [0.1, 0.15) is 44.7 Å². The Morgan fingerprint density at radius 2 is 0.558 bits per heavy atom. The molecule has 0 radical (unpaired) electrons. The van der Waals surface area contributed by atoms with Crippen molar-refractivity contribution in [1.82, 2.24) is 29.9 Å². The van der Waals surface area contributed by atoms with E-state index < -0.39 is 0 Å². The first kappa shape index (κ1) is 59.3. The van der Waals surface area contributed by atoms with Crippen LogP contribution in [0.25, 0.3) is 212 Å². The quantitative estimate of drug-likeness (QED) is 0.120. The van der Waals surface area contributed by atoms with Gasteiger partial charge in [-0.1, -0.05) is 212 Å². The molecule has 0 fully saturated rings. The molecule has 0 amide bonds. The van der Waals surface area contributed by atoms with Gasteiger partial charge in [-0.2, -0.15) is 10.5 Å². The van der Waals surface area contributed by atoms with Crippen LogP contribution in [0.3, 0.4) is 0 Å². The molecular formula is C92H50N8O4. The van der Waals surface area contributed by atoms with Gasteiger partial charge in [0.15, 0.2) is 34.9 Å². The maximum atomic E-state index is 9.55. The molecule has 0 unspecified atom stereocenters. The number of aromatic nitrogens is 6. The Labute approximate surface area is 593 Å². The zero-order valence-corrected chi connectivity index (χ0v) is 55.1. The normalized spacial score (nSPS) is 11.6. The molecule has 6 aromatic heterocycles. The van der Waals surface area contributed by atoms with Gasteiger partial charge >= 0.3 is 0 Å². The highest BCUT2D eigenvalue weighted by Gasteiger charge is 2.27. The van der Waals surface area contributed by atoms with E-state index in [1.165, 1.54) is 0 Å². The van der Waals surface area contributed by atoms with Crippen molar-refractivity contribution in [2.45, 2.75) is 0 Å². The molecule has 0 saturated heterocycles. The van der Waals surface area contributed by atoms with Crippen LogP contribution >= 0.6 is 0 Å². The minimum Gasteiger partial charge on any atom is -0.456 e. The zero-order chi connectivity index (χ0) is 68.9.